The summed E-state index contributed by atoms with van der Waals surface area (Å²) in [5.41, 5.74) is 2.05. The van der Waals surface area contributed by atoms with Gasteiger partial charge < -0.3 is 9.47 Å². The van der Waals surface area contributed by atoms with Crippen LogP contribution < -0.4 is 9.47 Å². The lowest BCUT2D eigenvalue weighted by atomic mass is 10.0. The van der Waals surface area contributed by atoms with Crippen LogP contribution in [-0.2, 0) is 0 Å². The third-order valence-electron chi connectivity index (χ3n) is 3.95. The minimum absolute atomic E-state index is 0.257. The van der Waals surface area contributed by atoms with Crippen LogP contribution >= 0.6 is 23.4 Å². The van der Waals surface area contributed by atoms with Crippen molar-refractivity contribution in [2.45, 2.75) is 11.3 Å². The maximum atomic E-state index is 12.9. The van der Waals surface area contributed by atoms with Gasteiger partial charge in [0, 0.05) is 21.2 Å². The minimum Gasteiger partial charge on any atom is -0.496 e. The molecule has 27 heavy (non-hydrogen) atoms. The van der Waals surface area contributed by atoms with Gasteiger partial charge in [-0.2, -0.15) is 0 Å². The second kappa shape index (κ2) is 9.67. The number of methoxy groups -OCH3 is 1. The van der Waals surface area contributed by atoms with Crippen LogP contribution in [0, 0.1) is 5.82 Å². The fourth-order valence-corrected chi connectivity index (χ4v) is 3.68. The van der Waals surface area contributed by atoms with Crippen molar-refractivity contribution in [1.82, 2.24) is 0 Å². The third kappa shape index (κ3) is 5.65. The van der Waals surface area contributed by atoms with Crippen molar-refractivity contribution in [2.24, 2.45) is 0 Å². The van der Waals surface area contributed by atoms with Gasteiger partial charge in [0.05, 0.1) is 13.7 Å². The molecule has 0 N–H and O–H groups in total. The van der Waals surface area contributed by atoms with E-state index in [0.29, 0.717) is 17.4 Å². The summed E-state index contributed by atoms with van der Waals surface area (Å²) >= 11 is 7.89. The smallest absolute Gasteiger partial charge is 0.126 e. The number of ether oxygens (including phenoxy) is 2. The molecule has 3 aromatic rings. The molecule has 0 saturated heterocycles. The highest BCUT2D eigenvalue weighted by atomic mass is 35.5. The Labute approximate surface area is 168 Å². The lowest BCUT2D eigenvalue weighted by molar-refractivity contribution is 0.318. The van der Waals surface area contributed by atoms with Gasteiger partial charge in [-0.1, -0.05) is 23.7 Å². The van der Waals surface area contributed by atoms with Gasteiger partial charge in [0.1, 0.15) is 17.3 Å². The van der Waals surface area contributed by atoms with E-state index < -0.39 is 0 Å². The molecular weight excluding hydrogens is 383 g/mol. The van der Waals surface area contributed by atoms with Crippen molar-refractivity contribution in [3.8, 4) is 22.6 Å². The molecule has 0 atom stereocenters. The van der Waals surface area contributed by atoms with E-state index in [-0.39, 0.29) is 5.82 Å². The molecule has 3 rings (SSSR count). The summed E-state index contributed by atoms with van der Waals surface area (Å²) in [6.07, 6.45) is 0.889. The molecule has 0 radical (unpaired) electrons. The van der Waals surface area contributed by atoms with E-state index in [4.69, 9.17) is 21.1 Å². The molecule has 0 amide bonds. The van der Waals surface area contributed by atoms with Gasteiger partial charge in [-0.05, 0) is 66.6 Å². The van der Waals surface area contributed by atoms with Crippen molar-refractivity contribution in [3.05, 3.63) is 77.6 Å². The molecule has 0 fully saturated rings. The first-order valence-corrected chi connectivity index (χ1v) is 9.97. The molecule has 0 aromatic heterocycles. The SMILES string of the molecule is COc1ccc(SCCCOc2ccc(F)cc2)cc1-c1cccc(Cl)c1. The van der Waals surface area contributed by atoms with Gasteiger partial charge in [-0.25, -0.2) is 4.39 Å². The number of thioether (sulfide) groups is 1. The van der Waals surface area contributed by atoms with Crippen LogP contribution in [0.1, 0.15) is 6.42 Å². The van der Waals surface area contributed by atoms with Crippen molar-refractivity contribution < 1.29 is 13.9 Å². The first-order chi connectivity index (χ1) is 13.2. The summed E-state index contributed by atoms with van der Waals surface area (Å²) in [5.74, 6) is 2.17. The predicted molar refractivity (Wildman–Crippen MR) is 111 cm³/mol. The molecule has 0 saturated carbocycles. The largest absolute Gasteiger partial charge is 0.496 e. The number of benzene rings is 3. The molecule has 0 aliphatic carbocycles. The van der Waals surface area contributed by atoms with Crippen LogP contribution in [0.3, 0.4) is 0 Å². The van der Waals surface area contributed by atoms with Gasteiger partial charge in [-0.15, -0.1) is 11.8 Å². The first-order valence-electron chi connectivity index (χ1n) is 8.61. The van der Waals surface area contributed by atoms with Crippen molar-refractivity contribution in [2.75, 3.05) is 19.5 Å². The predicted octanol–water partition coefficient (Wildman–Crippen LogP) is 6.72. The zero-order valence-corrected chi connectivity index (χ0v) is 16.5. The van der Waals surface area contributed by atoms with E-state index in [2.05, 4.69) is 12.1 Å². The molecule has 0 spiro atoms. The molecule has 5 heteroatoms. The maximum Gasteiger partial charge on any atom is 0.126 e. The van der Waals surface area contributed by atoms with E-state index in [1.807, 2.05) is 30.3 Å². The summed E-state index contributed by atoms with van der Waals surface area (Å²) in [6.45, 7) is 0.593. The molecule has 0 heterocycles. The number of hydrogen-bond acceptors (Lipinski definition) is 3. The summed E-state index contributed by atoms with van der Waals surface area (Å²) in [5, 5.41) is 0.700. The van der Waals surface area contributed by atoms with E-state index in [1.165, 1.54) is 12.1 Å². The van der Waals surface area contributed by atoms with E-state index in [0.717, 1.165) is 33.9 Å². The molecular formula is C22H20ClFO2S. The fraction of sp³-hybridized carbons (Fsp3) is 0.182. The molecule has 2 nitrogen and oxygen atoms in total. The first kappa shape index (κ1) is 19.6. The molecule has 0 unspecified atom stereocenters. The average molecular weight is 403 g/mol. The van der Waals surface area contributed by atoms with E-state index >= 15 is 0 Å². The Balaban J connectivity index is 1.57. The molecule has 0 aliphatic heterocycles. The Bertz CT molecular complexity index is 884. The van der Waals surface area contributed by atoms with Crippen molar-refractivity contribution in [3.63, 3.8) is 0 Å². The Morgan fingerprint density at radius 2 is 1.81 bits per heavy atom. The zero-order valence-electron chi connectivity index (χ0n) is 15.0. The van der Waals surface area contributed by atoms with Crippen LogP contribution in [0.4, 0.5) is 4.39 Å². The van der Waals surface area contributed by atoms with Crippen LogP contribution in [0.25, 0.3) is 11.1 Å². The molecule has 3 aromatic carbocycles. The third-order valence-corrected chi connectivity index (χ3v) is 5.26. The molecule has 140 valence electrons. The Morgan fingerprint density at radius 3 is 2.56 bits per heavy atom. The second-order valence-electron chi connectivity index (χ2n) is 5.88. The summed E-state index contributed by atoms with van der Waals surface area (Å²) in [7, 11) is 1.67. The van der Waals surface area contributed by atoms with Gasteiger partial charge >= 0.3 is 0 Å². The van der Waals surface area contributed by atoms with Crippen LogP contribution in [0.5, 0.6) is 11.5 Å². The van der Waals surface area contributed by atoms with Crippen LogP contribution in [-0.4, -0.2) is 19.5 Å². The highest BCUT2D eigenvalue weighted by molar-refractivity contribution is 7.99. The van der Waals surface area contributed by atoms with Gasteiger partial charge in [0.15, 0.2) is 0 Å². The molecule has 0 bridgehead atoms. The summed E-state index contributed by atoms with van der Waals surface area (Å²) in [4.78, 5) is 1.16. The van der Waals surface area contributed by atoms with Crippen LogP contribution in [0.2, 0.25) is 5.02 Å². The van der Waals surface area contributed by atoms with E-state index in [1.54, 1.807) is 31.0 Å². The van der Waals surface area contributed by atoms with Crippen molar-refractivity contribution >= 4 is 23.4 Å². The Hall–Kier alpha value is -2.17. The number of hydrogen-bond donors (Lipinski definition) is 0. The van der Waals surface area contributed by atoms with Crippen LogP contribution in [0.15, 0.2) is 71.6 Å². The number of rotatable bonds is 8. The normalized spacial score (nSPS) is 10.6. The average Bonchev–Trinajstić information content (AvgIpc) is 2.69. The van der Waals surface area contributed by atoms with E-state index in [9.17, 15) is 4.39 Å². The van der Waals surface area contributed by atoms with Gasteiger partial charge in [0.2, 0.25) is 0 Å². The number of halogens is 2. The minimum atomic E-state index is -0.257. The Kier molecular flexibility index (Phi) is 7.02. The highest BCUT2D eigenvalue weighted by Crippen LogP contribution is 2.35. The molecule has 0 aliphatic rings. The fourth-order valence-electron chi connectivity index (χ4n) is 2.63. The Morgan fingerprint density at radius 1 is 1.00 bits per heavy atom. The summed E-state index contributed by atoms with van der Waals surface area (Å²) in [6, 6.07) is 20.0. The lowest BCUT2D eigenvalue weighted by Crippen LogP contribution is -1.98. The highest BCUT2D eigenvalue weighted by Gasteiger charge is 2.08. The summed E-state index contributed by atoms with van der Waals surface area (Å²) < 4.78 is 24.0. The van der Waals surface area contributed by atoms with Crippen molar-refractivity contribution in [1.29, 1.82) is 0 Å². The van der Waals surface area contributed by atoms with Gasteiger partial charge in [-0.3, -0.25) is 0 Å². The second-order valence-corrected chi connectivity index (χ2v) is 7.48. The monoisotopic (exact) mass is 402 g/mol. The maximum absolute atomic E-state index is 12.9. The standard InChI is InChI=1S/C22H20ClFO2S/c1-25-22-11-10-20(15-21(22)16-4-2-5-17(23)14-16)27-13-3-12-26-19-8-6-18(24)7-9-19/h2,4-11,14-15H,3,12-13H2,1H3. The quantitative estimate of drug-likeness (QED) is 0.308. The lowest BCUT2D eigenvalue weighted by Gasteiger charge is -2.11. The van der Waals surface area contributed by atoms with Gasteiger partial charge in [0.25, 0.3) is 0 Å². The zero-order chi connectivity index (χ0) is 19.1. The topological polar surface area (TPSA) is 18.5 Å².